The Bertz CT molecular complexity index is 1710. The predicted molar refractivity (Wildman–Crippen MR) is 200 cm³/mol. The number of carbonyl (C=O) groups excluding carboxylic acids is 2. The Labute approximate surface area is 304 Å². The van der Waals surface area contributed by atoms with E-state index in [1.54, 1.807) is 0 Å². The van der Waals surface area contributed by atoms with Crippen LogP contribution in [0.25, 0.3) is 0 Å². The Kier molecular flexibility index (Phi) is 9.65. The van der Waals surface area contributed by atoms with Crippen molar-refractivity contribution in [3.8, 4) is 0 Å². The zero-order valence-corrected chi connectivity index (χ0v) is 31.9. The van der Waals surface area contributed by atoms with E-state index in [1.807, 2.05) is 13.0 Å². The molecular weight excluding hydrogens is 665 g/mol. The van der Waals surface area contributed by atoms with Gasteiger partial charge in [0.15, 0.2) is 0 Å². The Morgan fingerprint density at radius 1 is 0.902 bits per heavy atom. The number of piperazine rings is 1. The van der Waals surface area contributed by atoms with Crippen LogP contribution in [0.4, 0.5) is 17.6 Å². The highest BCUT2D eigenvalue weighted by molar-refractivity contribution is 7.85. The summed E-state index contributed by atoms with van der Waals surface area (Å²) in [6.07, 6.45) is 16.6. The van der Waals surface area contributed by atoms with Crippen LogP contribution in [-0.2, 0) is 19.7 Å². The van der Waals surface area contributed by atoms with E-state index >= 15 is 0 Å². The van der Waals surface area contributed by atoms with Gasteiger partial charge < -0.3 is 19.6 Å². The lowest BCUT2D eigenvalue weighted by molar-refractivity contribution is -0.126. The van der Waals surface area contributed by atoms with Crippen LogP contribution < -0.4 is 14.7 Å². The van der Waals surface area contributed by atoms with Crippen molar-refractivity contribution in [3.63, 3.8) is 0 Å². The third-order valence-electron chi connectivity index (χ3n) is 13.3. The molecule has 11 nitrogen and oxygen atoms in total. The largest absolute Gasteiger partial charge is 0.365 e. The molecule has 7 aliphatic rings. The van der Waals surface area contributed by atoms with Crippen LogP contribution in [0.5, 0.6) is 0 Å². The molecule has 5 fully saturated rings. The summed E-state index contributed by atoms with van der Waals surface area (Å²) in [6, 6.07) is 2.20. The molecule has 1 aromatic heterocycles. The average Bonchev–Trinajstić information content (AvgIpc) is 3.85. The molecule has 2 saturated carbocycles. The van der Waals surface area contributed by atoms with Gasteiger partial charge in [0.2, 0.25) is 11.7 Å². The van der Waals surface area contributed by atoms with Crippen LogP contribution in [0, 0.1) is 34.5 Å². The summed E-state index contributed by atoms with van der Waals surface area (Å²) in [5.74, 6) is 5.12. The maximum atomic E-state index is 13.7. The molecule has 12 heteroatoms. The van der Waals surface area contributed by atoms with Gasteiger partial charge in [0.1, 0.15) is 17.4 Å². The minimum absolute atomic E-state index is 0.0502. The first kappa shape index (κ1) is 36.1. The van der Waals surface area contributed by atoms with Crippen LogP contribution in [-0.4, -0.2) is 98.0 Å². The highest BCUT2D eigenvalue weighted by Gasteiger charge is 2.59. The molecule has 6 atom stereocenters. The lowest BCUT2D eigenvalue weighted by atomic mass is 9.52. The molecule has 0 unspecified atom stereocenters. The number of hydrogen-bond donors (Lipinski definition) is 1. The summed E-state index contributed by atoms with van der Waals surface area (Å²) in [5.41, 5.74) is 3.50. The van der Waals surface area contributed by atoms with E-state index < -0.39 is 10.1 Å². The summed E-state index contributed by atoms with van der Waals surface area (Å²) >= 11 is 0. The molecule has 4 aliphatic carbocycles. The van der Waals surface area contributed by atoms with Gasteiger partial charge in [-0.25, -0.2) is 0 Å². The number of fused-ring (bicyclic) bond motifs is 5. The van der Waals surface area contributed by atoms with Crippen LogP contribution in [0.3, 0.4) is 0 Å². The van der Waals surface area contributed by atoms with Crippen molar-refractivity contribution in [2.24, 2.45) is 34.5 Å². The smallest absolute Gasteiger partial charge is 0.261 e. The molecule has 0 amide bonds. The molecule has 8 rings (SSSR count). The van der Waals surface area contributed by atoms with E-state index in [9.17, 15) is 18.0 Å². The van der Waals surface area contributed by atoms with Crippen LogP contribution in [0.1, 0.15) is 79.1 Å². The molecule has 51 heavy (non-hydrogen) atoms. The quantitative estimate of drug-likeness (QED) is 0.314. The normalized spacial score (nSPS) is 33.5. The summed E-state index contributed by atoms with van der Waals surface area (Å²) in [6.45, 7) is 16.4. The summed E-state index contributed by atoms with van der Waals surface area (Å²) in [5, 5.41) is 0. The summed E-state index contributed by atoms with van der Waals surface area (Å²) < 4.78 is 25.9. The van der Waals surface area contributed by atoms with Gasteiger partial charge in [0, 0.05) is 69.8 Å². The molecule has 1 N–H and O–H groups in total. The Hall–Kier alpha value is -3.25. The molecule has 3 aliphatic heterocycles. The van der Waals surface area contributed by atoms with Crippen molar-refractivity contribution in [3.05, 3.63) is 41.1 Å². The lowest BCUT2D eigenvalue weighted by Gasteiger charge is -2.53. The second-order valence-corrected chi connectivity index (χ2v) is 18.1. The van der Waals surface area contributed by atoms with Gasteiger partial charge in [-0.15, -0.1) is 0 Å². The van der Waals surface area contributed by atoms with E-state index in [1.165, 1.54) is 36.8 Å². The number of rotatable bonds is 5. The van der Waals surface area contributed by atoms with Crippen molar-refractivity contribution >= 4 is 39.3 Å². The molecule has 278 valence electrons. The first-order valence-corrected chi connectivity index (χ1v) is 21.0. The van der Waals surface area contributed by atoms with E-state index in [0.717, 1.165) is 101 Å². The first-order chi connectivity index (χ1) is 24.2. The maximum Gasteiger partial charge on any atom is 0.261 e. The van der Waals surface area contributed by atoms with E-state index in [-0.39, 0.29) is 22.5 Å². The van der Waals surface area contributed by atoms with Gasteiger partial charge in [-0.1, -0.05) is 31.1 Å². The average molecular weight is 721 g/mol. The van der Waals surface area contributed by atoms with Gasteiger partial charge in [0.05, 0.1) is 12.0 Å². The standard InChI is InChI=1S/C38H52N6O2.CH4O3S/c1-25-21-30-28-10-9-27-22-32(46)31(24-38(27,4)29(28)11-12-37(30,3)35(25)26(2)45)41-17-19-43(20-18-41)34-23-33(42-13-5-6-14-42)39-36(40-34)44-15-7-8-16-44;1-5(2,3)4/h11,22-25,28,30,35H,5-10,12-21H2,1-4H3;1H3,(H,2,3,4)/t25-,28-,30+,35-,37+,38+;/m1./s1. The molecular formula is C39H56N6O5S. The van der Waals surface area contributed by atoms with Gasteiger partial charge in [-0.05, 0) is 101 Å². The number of ketones is 2. The van der Waals surface area contributed by atoms with Crippen molar-refractivity contribution in [1.82, 2.24) is 14.9 Å². The van der Waals surface area contributed by atoms with Gasteiger partial charge in [0.25, 0.3) is 10.1 Å². The molecule has 0 bridgehead atoms. The zero-order chi connectivity index (χ0) is 36.3. The SMILES string of the molecule is CC(=O)[C@H]1[C@H](C)C[C@H]2[C@@H]3CCC4=CC(=O)C(N5CCN(c6cc(N7CCCC7)nc(N7CCCC7)n6)CC5)=C[C@]4(C)C3=CC[C@@]21C.CS(=O)(=O)O. The highest BCUT2D eigenvalue weighted by Crippen LogP contribution is 2.65. The predicted octanol–water partition coefficient (Wildman–Crippen LogP) is 5.31. The minimum Gasteiger partial charge on any atom is -0.365 e. The number of carbonyl (C=O) groups is 2. The van der Waals surface area contributed by atoms with Gasteiger partial charge in [-0.3, -0.25) is 14.1 Å². The second-order valence-electron chi connectivity index (χ2n) is 16.7. The zero-order valence-electron chi connectivity index (χ0n) is 31.1. The topological polar surface area (TPSA) is 127 Å². The van der Waals surface area contributed by atoms with E-state index in [4.69, 9.17) is 14.5 Å². The van der Waals surface area contributed by atoms with Gasteiger partial charge >= 0.3 is 0 Å². The van der Waals surface area contributed by atoms with Crippen molar-refractivity contribution in [2.75, 3.05) is 73.3 Å². The molecule has 1 aromatic rings. The van der Waals surface area contributed by atoms with Crippen molar-refractivity contribution in [1.29, 1.82) is 0 Å². The van der Waals surface area contributed by atoms with Gasteiger partial charge in [-0.2, -0.15) is 18.4 Å². The number of allylic oxidation sites excluding steroid dienone is 5. The number of aromatic nitrogens is 2. The molecule has 0 radical (unpaired) electrons. The van der Waals surface area contributed by atoms with Crippen LogP contribution in [0.15, 0.2) is 41.1 Å². The van der Waals surface area contributed by atoms with E-state index in [0.29, 0.717) is 29.8 Å². The summed E-state index contributed by atoms with van der Waals surface area (Å²) in [7, 11) is -3.67. The minimum atomic E-state index is -3.67. The monoisotopic (exact) mass is 720 g/mol. The number of Topliss-reactive ketones (excluding diaryl/α,β-unsaturated/α-hetero) is 1. The van der Waals surface area contributed by atoms with Crippen molar-refractivity contribution < 1.29 is 22.6 Å². The fourth-order valence-electron chi connectivity index (χ4n) is 11.0. The number of hydrogen-bond acceptors (Lipinski definition) is 10. The fraction of sp³-hybridized carbons (Fsp3) is 0.692. The van der Waals surface area contributed by atoms with Crippen LogP contribution in [0.2, 0.25) is 0 Å². The first-order valence-electron chi connectivity index (χ1n) is 19.2. The Morgan fingerprint density at radius 3 is 2.04 bits per heavy atom. The number of nitrogens with zero attached hydrogens (tertiary/aromatic N) is 6. The molecule has 0 spiro atoms. The van der Waals surface area contributed by atoms with Crippen molar-refractivity contribution in [2.45, 2.75) is 79.1 Å². The number of anilines is 3. The highest BCUT2D eigenvalue weighted by atomic mass is 32.2. The molecule has 4 heterocycles. The van der Waals surface area contributed by atoms with E-state index in [2.05, 4.69) is 58.6 Å². The third kappa shape index (κ3) is 6.87. The maximum absolute atomic E-state index is 13.7. The fourth-order valence-corrected chi connectivity index (χ4v) is 11.0. The van der Waals surface area contributed by atoms with Crippen LogP contribution >= 0.6 is 0 Å². The third-order valence-corrected chi connectivity index (χ3v) is 13.3. The summed E-state index contributed by atoms with van der Waals surface area (Å²) in [4.78, 5) is 46.1. The Morgan fingerprint density at radius 2 is 1.45 bits per heavy atom. The molecule has 3 saturated heterocycles. The Balaban J connectivity index is 0.000000761. The second kappa shape index (κ2) is 13.6. The lowest BCUT2D eigenvalue weighted by Crippen LogP contribution is -2.49. The molecule has 0 aromatic carbocycles.